The Labute approximate surface area is 89.0 Å². The second-order valence-electron chi connectivity index (χ2n) is 3.53. The van der Waals surface area contributed by atoms with E-state index in [1.807, 2.05) is 0 Å². The summed E-state index contributed by atoms with van der Waals surface area (Å²) in [5.41, 5.74) is 0.663. The molecule has 0 saturated heterocycles. The Bertz CT molecular complexity index is 452. The first-order valence-electron chi connectivity index (χ1n) is 4.52. The third kappa shape index (κ3) is 3.00. The summed E-state index contributed by atoms with van der Waals surface area (Å²) in [7, 11) is -3.98. The normalized spacial score (nSPS) is 12.1. The molecule has 0 aromatic heterocycles. The van der Waals surface area contributed by atoms with Gasteiger partial charge in [0.05, 0.1) is 6.10 Å². The van der Waals surface area contributed by atoms with Gasteiger partial charge in [0.1, 0.15) is 10.7 Å². The van der Waals surface area contributed by atoms with Crippen LogP contribution in [0, 0.1) is 12.7 Å². The lowest BCUT2D eigenvalue weighted by molar-refractivity contribution is 0.247. The highest BCUT2D eigenvalue weighted by molar-refractivity contribution is 7.86. The molecule has 0 fully saturated rings. The van der Waals surface area contributed by atoms with Gasteiger partial charge in [-0.3, -0.25) is 4.18 Å². The zero-order chi connectivity index (χ0) is 11.6. The molecule has 0 aliphatic carbocycles. The highest BCUT2D eigenvalue weighted by Crippen LogP contribution is 2.19. The van der Waals surface area contributed by atoms with E-state index in [2.05, 4.69) is 4.18 Å². The quantitative estimate of drug-likeness (QED) is 0.751. The molecule has 3 nitrogen and oxygen atoms in total. The summed E-state index contributed by atoms with van der Waals surface area (Å²) >= 11 is 0. The van der Waals surface area contributed by atoms with Gasteiger partial charge < -0.3 is 0 Å². The van der Waals surface area contributed by atoms with Crippen LogP contribution in [0.5, 0.6) is 0 Å². The fourth-order valence-corrected chi connectivity index (χ4v) is 2.26. The van der Waals surface area contributed by atoms with E-state index in [0.29, 0.717) is 5.56 Å². The fraction of sp³-hybridized carbons (Fsp3) is 0.400. The Kier molecular flexibility index (Phi) is 3.46. The smallest absolute Gasteiger partial charge is 0.264 e. The molecule has 0 radical (unpaired) electrons. The first-order chi connectivity index (χ1) is 6.83. The second-order valence-corrected chi connectivity index (χ2v) is 5.07. The van der Waals surface area contributed by atoms with Crippen molar-refractivity contribution in [3.63, 3.8) is 0 Å². The molecule has 0 bridgehead atoms. The number of hydrogen-bond donors (Lipinski definition) is 0. The van der Waals surface area contributed by atoms with Crippen LogP contribution < -0.4 is 0 Å². The number of benzene rings is 1. The van der Waals surface area contributed by atoms with E-state index in [4.69, 9.17) is 0 Å². The van der Waals surface area contributed by atoms with E-state index in [9.17, 15) is 12.8 Å². The first-order valence-corrected chi connectivity index (χ1v) is 5.93. The molecule has 0 aliphatic rings. The van der Waals surface area contributed by atoms with Gasteiger partial charge in [0.25, 0.3) is 10.1 Å². The zero-order valence-electron chi connectivity index (χ0n) is 8.82. The van der Waals surface area contributed by atoms with Gasteiger partial charge >= 0.3 is 0 Å². The Balaban J connectivity index is 3.16. The van der Waals surface area contributed by atoms with Crippen molar-refractivity contribution in [2.24, 2.45) is 0 Å². The monoisotopic (exact) mass is 232 g/mol. The third-order valence-corrected chi connectivity index (χ3v) is 3.18. The number of aryl methyl sites for hydroxylation is 1. The molecule has 15 heavy (non-hydrogen) atoms. The molecule has 0 saturated carbocycles. The van der Waals surface area contributed by atoms with Crippen LogP contribution in [0.4, 0.5) is 4.39 Å². The largest absolute Gasteiger partial charge is 0.300 e. The van der Waals surface area contributed by atoms with Gasteiger partial charge in [-0.25, -0.2) is 4.39 Å². The van der Waals surface area contributed by atoms with Crippen LogP contribution in [0.1, 0.15) is 19.4 Å². The number of halogens is 1. The van der Waals surface area contributed by atoms with E-state index in [0.717, 1.165) is 6.07 Å². The minimum atomic E-state index is -3.98. The number of hydrogen-bond acceptors (Lipinski definition) is 3. The van der Waals surface area contributed by atoms with Gasteiger partial charge in [-0.05, 0) is 38.5 Å². The fourth-order valence-electron chi connectivity index (χ4n) is 1.11. The lowest BCUT2D eigenvalue weighted by Gasteiger charge is -2.09. The number of rotatable bonds is 3. The summed E-state index contributed by atoms with van der Waals surface area (Å²) < 4.78 is 41.0. The summed E-state index contributed by atoms with van der Waals surface area (Å²) in [4.78, 5) is -0.415. The molecule has 0 unspecified atom stereocenters. The minimum absolute atomic E-state index is 0.415. The van der Waals surface area contributed by atoms with Crippen LogP contribution in [0.2, 0.25) is 0 Å². The highest BCUT2D eigenvalue weighted by Gasteiger charge is 2.21. The first kappa shape index (κ1) is 12.1. The standard InChI is InChI=1S/C10H13FO3S/c1-7(2)14-15(12,13)10-5-4-8(3)6-9(10)11/h4-7H,1-3H3. The molecule has 84 valence electrons. The van der Waals surface area contributed by atoms with Gasteiger partial charge in [0.2, 0.25) is 0 Å². The Hall–Kier alpha value is -0.940. The van der Waals surface area contributed by atoms with E-state index in [1.165, 1.54) is 12.1 Å². The van der Waals surface area contributed by atoms with E-state index in [1.54, 1.807) is 20.8 Å². The summed E-state index contributed by atoms with van der Waals surface area (Å²) in [6.45, 7) is 4.83. The van der Waals surface area contributed by atoms with Crippen LogP contribution in [0.3, 0.4) is 0 Å². The van der Waals surface area contributed by atoms with Crippen molar-refractivity contribution in [2.75, 3.05) is 0 Å². The molecule has 0 aliphatic heterocycles. The second kappa shape index (κ2) is 4.28. The average Bonchev–Trinajstić information content (AvgIpc) is 1.99. The molecule has 5 heteroatoms. The summed E-state index contributed by atoms with van der Waals surface area (Å²) in [5.74, 6) is -0.782. The predicted octanol–water partition coefficient (Wildman–Crippen LogP) is 2.25. The van der Waals surface area contributed by atoms with Crippen molar-refractivity contribution in [3.05, 3.63) is 29.6 Å². The molecular formula is C10H13FO3S. The molecule has 0 N–H and O–H groups in total. The summed E-state index contributed by atoms with van der Waals surface area (Å²) in [6, 6.07) is 3.90. The van der Waals surface area contributed by atoms with E-state index in [-0.39, 0.29) is 0 Å². The van der Waals surface area contributed by atoms with E-state index >= 15 is 0 Å². The SMILES string of the molecule is Cc1ccc(S(=O)(=O)OC(C)C)c(F)c1. The van der Waals surface area contributed by atoms with Crippen molar-refractivity contribution in [3.8, 4) is 0 Å². The maximum Gasteiger partial charge on any atom is 0.300 e. The Morgan fingerprint density at radius 1 is 1.33 bits per heavy atom. The van der Waals surface area contributed by atoms with Crippen LogP contribution in [0.25, 0.3) is 0 Å². The molecular weight excluding hydrogens is 219 g/mol. The van der Waals surface area contributed by atoms with Crippen LogP contribution in [0.15, 0.2) is 23.1 Å². The van der Waals surface area contributed by atoms with E-state index < -0.39 is 26.9 Å². The predicted molar refractivity (Wildman–Crippen MR) is 54.5 cm³/mol. The molecule has 1 aromatic rings. The molecule has 0 spiro atoms. The van der Waals surface area contributed by atoms with Crippen LogP contribution in [-0.4, -0.2) is 14.5 Å². The average molecular weight is 232 g/mol. The van der Waals surface area contributed by atoms with Crippen LogP contribution in [-0.2, 0) is 14.3 Å². The molecule has 1 rings (SSSR count). The topological polar surface area (TPSA) is 43.4 Å². The Morgan fingerprint density at radius 2 is 1.93 bits per heavy atom. The van der Waals surface area contributed by atoms with Crippen molar-refractivity contribution in [1.82, 2.24) is 0 Å². The molecule has 1 aromatic carbocycles. The van der Waals surface area contributed by atoms with Gasteiger partial charge in [-0.1, -0.05) is 6.07 Å². The maximum absolute atomic E-state index is 13.3. The van der Waals surface area contributed by atoms with Gasteiger partial charge in [0, 0.05) is 0 Å². The maximum atomic E-state index is 13.3. The van der Waals surface area contributed by atoms with Gasteiger partial charge in [0.15, 0.2) is 0 Å². The van der Waals surface area contributed by atoms with Gasteiger partial charge in [-0.15, -0.1) is 0 Å². The molecule has 0 atom stereocenters. The van der Waals surface area contributed by atoms with Crippen molar-refractivity contribution in [1.29, 1.82) is 0 Å². The van der Waals surface area contributed by atoms with Gasteiger partial charge in [-0.2, -0.15) is 8.42 Å². The highest BCUT2D eigenvalue weighted by atomic mass is 32.2. The minimum Gasteiger partial charge on any atom is -0.264 e. The zero-order valence-corrected chi connectivity index (χ0v) is 9.64. The lowest BCUT2D eigenvalue weighted by Crippen LogP contribution is -2.13. The third-order valence-electron chi connectivity index (χ3n) is 1.68. The Morgan fingerprint density at radius 3 is 2.40 bits per heavy atom. The lowest BCUT2D eigenvalue weighted by atomic mass is 10.2. The van der Waals surface area contributed by atoms with Crippen molar-refractivity contribution >= 4 is 10.1 Å². The van der Waals surface area contributed by atoms with Crippen molar-refractivity contribution in [2.45, 2.75) is 31.8 Å². The summed E-state index contributed by atoms with van der Waals surface area (Å²) in [5, 5.41) is 0. The summed E-state index contributed by atoms with van der Waals surface area (Å²) in [6.07, 6.45) is -0.504. The molecule has 0 amide bonds. The van der Waals surface area contributed by atoms with Crippen LogP contribution >= 0.6 is 0 Å². The van der Waals surface area contributed by atoms with Crippen molar-refractivity contribution < 1.29 is 17.0 Å². The molecule has 0 heterocycles.